The third kappa shape index (κ3) is 3.05. The van der Waals surface area contributed by atoms with Gasteiger partial charge >= 0.3 is 0 Å². The van der Waals surface area contributed by atoms with Crippen molar-refractivity contribution < 1.29 is 12.8 Å². The van der Waals surface area contributed by atoms with Gasteiger partial charge in [0, 0.05) is 12.0 Å². The molecule has 0 amide bonds. The summed E-state index contributed by atoms with van der Waals surface area (Å²) in [6, 6.07) is 3.44. The van der Waals surface area contributed by atoms with Gasteiger partial charge in [0.2, 0.25) is 11.0 Å². The number of nitrogens with two attached hydrogens (primary N) is 1. The Bertz CT molecular complexity index is 618. The van der Waals surface area contributed by atoms with E-state index in [1.807, 2.05) is 0 Å². The molecule has 2 aromatic heterocycles. The summed E-state index contributed by atoms with van der Waals surface area (Å²) < 4.78 is 28.4. The molecule has 18 heavy (non-hydrogen) atoms. The molecule has 2 aromatic rings. The fraction of sp³-hybridized carbons (Fsp3) is 0.333. The Hall–Kier alpha value is -1.48. The van der Waals surface area contributed by atoms with Gasteiger partial charge in [-0.05, 0) is 12.1 Å². The van der Waals surface area contributed by atoms with Gasteiger partial charge in [0.15, 0.2) is 5.76 Å². The summed E-state index contributed by atoms with van der Waals surface area (Å²) in [4.78, 5) is 0. The maximum absolute atomic E-state index is 11.0. The molecule has 2 rings (SSSR count). The second-order valence-corrected chi connectivity index (χ2v) is 6.95. The lowest BCUT2D eigenvalue weighted by Crippen LogP contribution is -2.12. The number of rotatable bonds is 5. The first-order chi connectivity index (χ1) is 8.47. The van der Waals surface area contributed by atoms with E-state index >= 15 is 0 Å². The summed E-state index contributed by atoms with van der Waals surface area (Å²) in [5, 5.41) is 8.23. The van der Waals surface area contributed by atoms with Crippen molar-refractivity contribution >= 4 is 21.6 Å². The van der Waals surface area contributed by atoms with E-state index in [-0.39, 0.29) is 5.75 Å². The highest BCUT2D eigenvalue weighted by Crippen LogP contribution is 2.21. The van der Waals surface area contributed by atoms with Crippen LogP contribution >= 0.6 is 11.8 Å². The van der Waals surface area contributed by atoms with E-state index in [2.05, 4.69) is 10.2 Å². The zero-order valence-corrected chi connectivity index (χ0v) is 11.2. The molecule has 0 saturated heterocycles. The first-order valence-corrected chi connectivity index (χ1v) is 8.07. The van der Waals surface area contributed by atoms with Crippen LogP contribution in [0.2, 0.25) is 0 Å². The molecule has 0 aliphatic rings. The molecule has 0 spiro atoms. The summed E-state index contributed by atoms with van der Waals surface area (Å²) in [6.45, 7) is 0. The second-order valence-electron chi connectivity index (χ2n) is 3.63. The molecule has 0 aliphatic carbocycles. The Kier molecular flexibility index (Phi) is 3.62. The van der Waals surface area contributed by atoms with Crippen LogP contribution in [-0.4, -0.2) is 41.1 Å². The Balaban J connectivity index is 2.07. The number of nitrogens with zero attached hydrogens (tertiary/aromatic N) is 3. The molecule has 2 heterocycles. The molecule has 0 aromatic carbocycles. The smallest absolute Gasteiger partial charge is 0.218 e. The Morgan fingerprint density at radius 2 is 2.28 bits per heavy atom. The van der Waals surface area contributed by atoms with Crippen LogP contribution in [0.5, 0.6) is 0 Å². The van der Waals surface area contributed by atoms with E-state index in [1.165, 1.54) is 29.0 Å². The summed E-state index contributed by atoms with van der Waals surface area (Å²) >= 11 is 1.24. The molecule has 0 atom stereocenters. The largest absolute Gasteiger partial charge is 0.461 e. The summed E-state index contributed by atoms with van der Waals surface area (Å²) in [5.74, 6) is 7.18. The molecule has 0 radical (unpaired) electrons. The quantitative estimate of drug-likeness (QED) is 0.626. The van der Waals surface area contributed by atoms with Gasteiger partial charge < -0.3 is 10.3 Å². The zero-order chi connectivity index (χ0) is 13.2. The zero-order valence-electron chi connectivity index (χ0n) is 9.61. The van der Waals surface area contributed by atoms with E-state index in [9.17, 15) is 8.42 Å². The van der Waals surface area contributed by atoms with Gasteiger partial charge in [0.1, 0.15) is 9.84 Å². The summed E-state index contributed by atoms with van der Waals surface area (Å²) in [6.07, 6.45) is 2.70. The minimum absolute atomic E-state index is 0.0701. The molecular formula is C9H12N4O3S2. The normalized spacial score (nSPS) is 11.8. The highest BCUT2D eigenvalue weighted by molar-refractivity contribution is 8.00. The number of furan rings is 1. The van der Waals surface area contributed by atoms with E-state index in [1.54, 1.807) is 12.1 Å². The Morgan fingerprint density at radius 3 is 2.89 bits per heavy atom. The molecule has 98 valence electrons. The first kappa shape index (κ1) is 13.0. The van der Waals surface area contributed by atoms with E-state index in [0.29, 0.717) is 22.5 Å². The van der Waals surface area contributed by atoms with Gasteiger partial charge in [-0.3, -0.25) is 0 Å². The fourth-order valence-corrected chi connectivity index (χ4v) is 3.28. The van der Waals surface area contributed by atoms with Crippen molar-refractivity contribution in [1.29, 1.82) is 0 Å². The van der Waals surface area contributed by atoms with Crippen molar-refractivity contribution in [3.05, 3.63) is 18.4 Å². The van der Waals surface area contributed by atoms with E-state index in [4.69, 9.17) is 10.3 Å². The molecule has 7 nitrogen and oxygen atoms in total. The average Bonchev–Trinajstić information content (AvgIpc) is 2.87. The highest BCUT2D eigenvalue weighted by atomic mass is 32.2. The summed E-state index contributed by atoms with van der Waals surface area (Å²) in [7, 11) is -2.98. The number of sulfone groups is 1. The predicted octanol–water partition coefficient (Wildman–Crippen LogP) is 0.389. The number of hydrogen-bond donors (Lipinski definition) is 1. The van der Waals surface area contributed by atoms with Crippen molar-refractivity contribution in [2.24, 2.45) is 0 Å². The molecule has 0 aliphatic heterocycles. The number of nitrogen functional groups attached to an aromatic ring is 1. The van der Waals surface area contributed by atoms with Crippen molar-refractivity contribution in [3.63, 3.8) is 0 Å². The van der Waals surface area contributed by atoms with Crippen LogP contribution in [0, 0.1) is 0 Å². The standard InChI is InChI=1S/C9H12N4O3S2/c1-18(14,15)6-5-17-9-12-11-8(13(9)10)7-3-2-4-16-7/h2-4H,5-6,10H2,1H3. The van der Waals surface area contributed by atoms with Gasteiger partial charge in [-0.2, -0.15) is 0 Å². The van der Waals surface area contributed by atoms with Crippen molar-refractivity contribution in [2.75, 3.05) is 23.6 Å². The minimum atomic E-state index is -2.98. The third-order valence-corrected chi connectivity index (χ3v) is 4.24. The highest BCUT2D eigenvalue weighted by Gasteiger charge is 2.14. The molecular weight excluding hydrogens is 276 g/mol. The molecule has 0 fully saturated rings. The van der Waals surface area contributed by atoms with E-state index in [0.717, 1.165) is 0 Å². The van der Waals surface area contributed by atoms with Gasteiger partial charge in [-0.1, -0.05) is 11.8 Å². The van der Waals surface area contributed by atoms with Gasteiger partial charge in [-0.15, -0.1) is 10.2 Å². The van der Waals surface area contributed by atoms with Crippen LogP contribution in [0.4, 0.5) is 0 Å². The lowest BCUT2D eigenvalue weighted by molar-refractivity contribution is 0.574. The first-order valence-electron chi connectivity index (χ1n) is 5.02. The van der Waals surface area contributed by atoms with Crippen molar-refractivity contribution in [1.82, 2.24) is 14.9 Å². The monoisotopic (exact) mass is 288 g/mol. The van der Waals surface area contributed by atoms with Crippen molar-refractivity contribution in [3.8, 4) is 11.6 Å². The Labute approximate surface area is 108 Å². The Morgan fingerprint density at radius 1 is 1.50 bits per heavy atom. The molecule has 0 unspecified atom stereocenters. The molecule has 0 saturated carbocycles. The van der Waals surface area contributed by atoms with Crippen LogP contribution in [0.15, 0.2) is 28.0 Å². The van der Waals surface area contributed by atoms with Crippen LogP contribution in [0.3, 0.4) is 0 Å². The van der Waals surface area contributed by atoms with Crippen LogP contribution < -0.4 is 5.84 Å². The SMILES string of the molecule is CS(=O)(=O)CCSc1nnc(-c2ccco2)n1N. The molecule has 0 bridgehead atoms. The minimum Gasteiger partial charge on any atom is -0.461 e. The topological polar surface area (TPSA) is 104 Å². The fourth-order valence-electron chi connectivity index (χ4n) is 1.23. The van der Waals surface area contributed by atoms with Gasteiger partial charge in [-0.25, -0.2) is 13.1 Å². The third-order valence-electron chi connectivity index (χ3n) is 2.09. The second kappa shape index (κ2) is 5.02. The summed E-state index contributed by atoms with van der Waals surface area (Å²) in [5.41, 5.74) is 0. The lowest BCUT2D eigenvalue weighted by Gasteiger charge is -2.01. The maximum atomic E-state index is 11.0. The molecule has 9 heteroatoms. The number of aromatic nitrogens is 3. The van der Waals surface area contributed by atoms with Crippen LogP contribution in [-0.2, 0) is 9.84 Å². The molecule has 2 N–H and O–H groups in total. The predicted molar refractivity (Wildman–Crippen MR) is 68.3 cm³/mol. The number of hydrogen-bond acceptors (Lipinski definition) is 7. The van der Waals surface area contributed by atoms with Crippen LogP contribution in [0.1, 0.15) is 0 Å². The van der Waals surface area contributed by atoms with Crippen LogP contribution in [0.25, 0.3) is 11.6 Å². The lowest BCUT2D eigenvalue weighted by atomic mass is 10.4. The number of thioether (sulfide) groups is 1. The van der Waals surface area contributed by atoms with E-state index < -0.39 is 9.84 Å². The average molecular weight is 288 g/mol. The van der Waals surface area contributed by atoms with Gasteiger partial charge in [0.05, 0.1) is 12.0 Å². The maximum Gasteiger partial charge on any atom is 0.218 e. The van der Waals surface area contributed by atoms with Gasteiger partial charge in [0.25, 0.3) is 0 Å². The van der Waals surface area contributed by atoms with Crippen molar-refractivity contribution in [2.45, 2.75) is 5.16 Å².